The Labute approximate surface area is 129 Å². The zero-order valence-corrected chi connectivity index (χ0v) is 12.9. The molecule has 1 aromatic carbocycles. The Balaban J connectivity index is 1.60. The Kier molecular flexibility index (Phi) is 4.21. The van der Waals surface area contributed by atoms with Crippen molar-refractivity contribution in [3.8, 4) is 11.5 Å². The number of hydrogen-bond acceptors (Lipinski definition) is 5. The van der Waals surface area contributed by atoms with Gasteiger partial charge in [-0.05, 0) is 25.0 Å². The first-order valence-electron chi connectivity index (χ1n) is 7.23. The fourth-order valence-electron chi connectivity index (χ4n) is 2.54. The first kappa shape index (κ1) is 15.1. The van der Waals surface area contributed by atoms with Crippen LogP contribution in [0.3, 0.4) is 0 Å². The molecular weight excluding hydrogens is 308 g/mol. The number of nitrogens with one attached hydrogen (secondary N) is 1. The third kappa shape index (κ3) is 3.17. The lowest BCUT2D eigenvalue weighted by atomic mass is 10.1. The van der Waals surface area contributed by atoms with E-state index in [-0.39, 0.29) is 24.1 Å². The van der Waals surface area contributed by atoms with E-state index in [2.05, 4.69) is 4.72 Å². The lowest BCUT2D eigenvalue weighted by Crippen LogP contribution is -2.41. The van der Waals surface area contributed by atoms with Gasteiger partial charge in [-0.15, -0.1) is 0 Å². The average Bonchev–Trinajstić information content (AvgIpc) is 2.96. The van der Waals surface area contributed by atoms with E-state index < -0.39 is 10.0 Å². The van der Waals surface area contributed by atoms with Gasteiger partial charge in [-0.1, -0.05) is 0 Å². The summed E-state index contributed by atoms with van der Waals surface area (Å²) in [4.78, 5) is 13.5. The van der Waals surface area contributed by atoms with Crippen LogP contribution in [0.25, 0.3) is 0 Å². The van der Waals surface area contributed by atoms with E-state index in [9.17, 15) is 13.2 Å². The molecule has 0 unspecified atom stereocenters. The third-order valence-corrected chi connectivity index (χ3v) is 5.21. The van der Waals surface area contributed by atoms with Crippen LogP contribution in [0.15, 0.2) is 23.1 Å². The van der Waals surface area contributed by atoms with Crippen LogP contribution in [-0.4, -0.2) is 45.7 Å². The number of benzene rings is 1. The maximum atomic E-state index is 12.2. The van der Waals surface area contributed by atoms with Gasteiger partial charge in [0.25, 0.3) is 0 Å². The Morgan fingerprint density at radius 1 is 1.18 bits per heavy atom. The van der Waals surface area contributed by atoms with Gasteiger partial charge < -0.3 is 14.4 Å². The van der Waals surface area contributed by atoms with Gasteiger partial charge in [0.05, 0.1) is 4.90 Å². The van der Waals surface area contributed by atoms with E-state index in [1.807, 2.05) is 0 Å². The van der Waals surface area contributed by atoms with Gasteiger partial charge in [-0.2, -0.15) is 0 Å². The monoisotopic (exact) mass is 326 g/mol. The second kappa shape index (κ2) is 6.13. The fraction of sp³-hybridized carbons (Fsp3) is 0.500. The summed E-state index contributed by atoms with van der Waals surface area (Å²) in [5, 5.41) is 0. The molecule has 1 amide bonds. The maximum absolute atomic E-state index is 12.2. The van der Waals surface area contributed by atoms with Crippen LogP contribution in [0.4, 0.5) is 0 Å². The molecule has 22 heavy (non-hydrogen) atoms. The van der Waals surface area contributed by atoms with Crippen LogP contribution in [0, 0.1) is 0 Å². The van der Waals surface area contributed by atoms with Crippen molar-refractivity contribution < 1.29 is 22.7 Å². The molecule has 8 heteroatoms. The lowest BCUT2D eigenvalue weighted by Gasteiger charge is -2.26. The van der Waals surface area contributed by atoms with Gasteiger partial charge in [0.1, 0.15) is 0 Å². The first-order chi connectivity index (χ1) is 10.6. The maximum Gasteiger partial charge on any atom is 0.240 e. The highest BCUT2D eigenvalue weighted by atomic mass is 32.2. The predicted molar refractivity (Wildman–Crippen MR) is 78.2 cm³/mol. The minimum absolute atomic E-state index is 0.0912. The largest absolute Gasteiger partial charge is 0.454 e. The number of nitrogens with zero attached hydrogens (tertiary/aromatic N) is 1. The third-order valence-electron chi connectivity index (χ3n) is 3.75. The number of rotatable bonds is 5. The van der Waals surface area contributed by atoms with E-state index in [0.29, 0.717) is 31.0 Å². The molecule has 2 aliphatic rings. The van der Waals surface area contributed by atoms with Crippen molar-refractivity contribution in [2.24, 2.45) is 0 Å². The average molecular weight is 326 g/mol. The summed E-state index contributed by atoms with van der Waals surface area (Å²) in [6.45, 7) is 1.39. The normalized spacial score (nSPS) is 17.8. The lowest BCUT2D eigenvalue weighted by molar-refractivity contribution is -0.133. The number of fused-ring (bicyclic) bond motifs is 1. The van der Waals surface area contributed by atoms with E-state index in [1.54, 1.807) is 11.0 Å². The van der Waals surface area contributed by atoms with Crippen molar-refractivity contribution >= 4 is 15.9 Å². The molecule has 3 rings (SSSR count). The van der Waals surface area contributed by atoms with Gasteiger partial charge in [0.2, 0.25) is 22.7 Å². The van der Waals surface area contributed by atoms with Gasteiger partial charge >= 0.3 is 0 Å². The zero-order chi connectivity index (χ0) is 15.6. The van der Waals surface area contributed by atoms with Crippen molar-refractivity contribution in [3.05, 3.63) is 18.2 Å². The summed E-state index contributed by atoms with van der Waals surface area (Å²) in [6, 6.07) is 4.49. The smallest absolute Gasteiger partial charge is 0.240 e. The molecule has 0 saturated carbocycles. The summed E-state index contributed by atoms with van der Waals surface area (Å²) in [5.74, 6) is 1.06. The van der Waals surface area contributed by atoms with E-state index in [4.69, 9.17) is 9.47 Å². The Morgan fingerprint density at radius 3 is 2.82 bits per heavy atom. The minimum atomic E-state index is -3.62. The number of piperidine rings is 1. The quantitative estimate of drug-likeness (QED) is 0.861. The van der Waals surface area contributed by atoms with Gasteiger partial charge in [-0.3, -0.25) is 4.79 Å². The predicted octanol–water partition coefficient (Wildman–Crippen LogP) is 0.706. The molecule has 0 aliphatic carbocycles. The van der Waals surface area contributed by atoms with E-state index >= 15 is 0 Å². The van der Waals surface area contributed by atoms with Crippen molar-refractivity contribution in [3.63, 3.8) is 0 Å². The highest BCUT2D eigenvalue weighted by Gasteiger charge is 2.21. The van der Waals surface area contributed by atoms with Crippen molar-refractivity contribution in [2.75, 3.05) is 26.4 Å². The highest BCUT2D eigenvalue weighted by Crippen LogP contribution is 2.33. The molecule has 0 spiro atoms. The van der Waals surface area contributed by atoms with Crippen molar-refractivity contribution in [1.29, 1.82) is 0 Å². The number of carbonyl (C=O) groups is 1. The Bertz CT molecular complexity index is 674. The SMILES string of the molecule is O=C1CCCCN1CCNS(=O)(=O)c1ccc2c(c1)OCO2. The molecule has 1 fully saturated rings. The number of sulfonamides is 1. The molecule has 0 radical (unpaired) electrons. The van der Waals surface area contributed by atoms with Gasteiger partial charge in [0, 0.05) is 32.1 Å². The molecular formula is C14H18N2O5S. The Morgan fingerprint density at radius 2 is 2.00 bits per heavy atom. The van der Waals surface area contributed by atoms with Crippen LogP contribution in [0.1, 0.15) is 19.3 Å². The molecule has 7 nitrogen and oxygen atoms in total. The number of likely N-dealkylation sites (tertiary alicyclic amines) is 1. The number of hydrogen-bond donors (Lipinski definition) is 1. The minimum Gasteiger partial charge on any atom is -0.454 e. The molecule has 0 bridgehead atoms. The van der Waals surface area contributed by atoms with Crippen LogP contribution in [-0.2, 0) is 14.8 Å². The second-order valence-electron chi connectivity index (χ2n) is 5.25. The van der Waals surface area contributed by atoms with Crippen molar-refractivity contribution in [1.82, 2.24) is 9.62 Å². The molecule has 1 aromatic rings. The van der Waals surface area contributed by atoms with Gasteiger partial charge in [-0.25, -0.2) is 13.1 Å². The molecule has 120 valence electrons. The number of amides is 1. The Hall–Kier alpha value is -1.80. The van der Waals surface area contributed by atoms with E-state index in [0.717, 1.165) is 12.8 Å². The summed E-state index contributed by atoms with van der Waals surface area (Å²) in [6.07, 6.45) is 2.44. The standard InChI is InChI=1S/C14H18N2O5S/c17-14-3-1-2-7-16(14)8-6-15-22(18,19)11-4-5-12-13(9-11)21-10-20-12/h4-5,9,15H,1-3,6-8,10H2. The topological polar surface area (TPSA) is 84.9 Å². The second-order valence-corrected chi connectivity index (χ2v) is 7.02. The molecule has 0 aromatic heterocycles. The van der Waals surface area contributed by atoms with Crippen LogP contribution >= 0.6 is 0 Å². The number of carbonyl (C=O) groups excluding carboxylic acids is 1. The summed E-state index contributed by atoms with van der Waals surface area (Å²) in [5.41, 5.74) is 0. The zero-order valence-electron chi connectivity index (χ0n) is 12.1. The molecule has 1 saturated heterocycles. The molecule has 0 atom stereocenters. The fourth-order valence-corrected chi connectivity index (χ4v) is 3.58. The summed E-state index contributed by atoms with van der Waals surface area (Å²) >= 11 is 0. The molecule has 2 heterocycles. The van der Waals surface area contributed by atoms with Crippen molar-refractivity contribution in [2.45, 2.75) is 24.2 Å². The number of ether oxygens (including phenoxy) is 2. The summed E-state index contributed by atoms with van der Waals surface area (Å²) in [7, 11) is -3.62. The molecule has 2 aliphatic heterocycles. The summed E-state index contributed by atoms with van der Waals surface area (Å²) < 4.78 is 37.3. The first-order valence-corrected chi connectivity index (χ1v) is 8.72. The van der Waals surface area contributed by atoms with E-state index in [1.165, 1.54) is 12.1 Å². The van der Waals surface area contributed by atoms with Gasteiger partial charge in [0.15, 0.2) is 11.5 Å². The van der Waals surface area contributed by atoms with Crippen LogP contribution < -0.4 is 14.2 Å². The van der Waals surface area contributed by atoms with Crippen LogP contribution in [0.2, 0.25) is 0 Å². The van der Waals surface area contributed by atoms with Crippen LogP contribution in [0.5, 0.6) is 11.5 Å². The highest BCUT2D eigenvalue weighted by molar-refractivity contribution is 7.89. The molecule has 1 N–H and O–H groups in total.